The number of allylic oxidation sites excluding steroid dienone is 1. The minimum Gasteiger partial charge on any atom is -0.507 e. The van der Waals surface area contributed by atoms with Crippen LogP contribution in [0.1, 0.15) is 37.8 Å². The van der Waals surface area contributed by atoms with Crippen molar-refractivity contribution in [3.8, 4) is 11.5 Å². The topological polar surface area (TPSA) is 41.5 Å². The fraction of sp³-hybridized carbons (Fsp3) is 0.467. The Kier molecular flexibility index (Phi) is 4.26. The predicted molar refractivity (Wildman–Crippen MR) is 73.0 cm³/mol. The lowest BCUT2D eigenvalue weighted by molar-refractivity contribution is 0.394. The van der Waals surface area contributed by atoms with Crippen LogP contribution in [0, 0.1) is 0 Å². The summed E-state index contributed by atoms with van der Waals surface area (Å²) in [6, 6.07) is 6.12. The molecule has 0 spiro atoms. The third-order valence-corrected chi connectivity index (χ3v) is 3.46. The number of nitrogens with one attached hydrogen (secondary N) is 1. The molecular formula is C15H21NO2. The van der Waals surface area contributed by atoms with E-state index < -0.39 is 0 Å². The number of hydrogen-bond donors (Lipinski definition) is 2. The van der Waals surface area contributed by atoms with Gasteiger partial charge in [-0.05, 0) is 32.3 Å². The Morgan fingerprint density at radius 2 is 2.22 bits per heavy atom. The van der Waals surface area contributed by atoms with Gasteiger partial charge in [0.1, 0.15) is 11.5 Å². The molecule has 0 radical (unpaired) electrons. The molecule has 3 heteroatoms. The SMILES string of the molecule is COc1ccc(C(C)NC2CC=CCC2)c(O)c1. The number of phenolic OH excluding ortho intramolecular Hbond substituents is 1. The minimum atomic E-state index is 0.146. The normalized spacial score (nSPS) is 20.7. The maximum absolute atomic E-state index is 9.99. The van der Waals surface area contributed by atoms with Crippen molar-refractivity contribution >= 4 is 0 Å². The molecule has 1 aliphatic rings. The largest absolute Gasteiger partial charge is 0.507 e. The first kappa shape index (κ1) is 13.0. The average molecular weight is 247 g/mol. The third kappa shape index (κ3) is 3.05. The van der Waals surface area contributed by atoms with E-state index in [2.05, 4.69) is 24.4 Å². The number of hydrogen-bond acceptors (Lipinski definition) is 3. The number of ether oxygens (including phenoxy) is 1. The molecule has 98 valence electrons. The highest BCUT2D eigenvalue weighted by atomic mass is 16.5. The molecule has 0 aliphatic heterocycles. The molecule has 0 amide bonds. The molecule has 2 N–H and O–H groups in total. The zero-order chi connectivity index (χ0) is 13.0. The molecule has 1 aliphatic carbocycles. The van der Waals surface area contributed by atoms with E-state index in [1.54, 1.807) is 13.2 Å². The van der Waals surface area contributed by atoms with Crippen LogP contribution in [0.4, 0.5) is 0 Å². The average Bonchev–Trinajstić information content (AvgIpc) is 2.39. The fourth-order valence-corrected chi connectivity index (χ4v) is 2.40. The van der Waals surface area contributed by atoms with Gasteiger partial charge in [-0.15, -0.1) is 0 Å². The molecule has 2 rings (SSSR count). The second-order valence-corrected chi connectivity index (χ2v) is 4.79. The summed E-state index contributed by atoms with van der Waals surface area (Å²) < 4.78 is 5.09. The molecule has 18 heavy (non-hydrogen) atoms. The summed E-state index contributed by atoms with van der Waals surface area (Å²) in [6.45, 7) is 2.08. The van der Waals surface area contributed by atoms with Crippen molar-refractivity contribution in [3.05, 3.63) is 35.9 Å². The maximum Gasteiger partial charge on any atom is 0.124 e. The first-order valence-corrected chi connectivity index (χ1v) is 6.48. The molecule has 2 unspecified atom stereocenters. The first-order valence-electron chi connectivity index (χ1n) is 6.48. The van der Waals surface area contributed by atoms with Gasteiger partial charge in [-0.1, -0.05) is 18.2 Å². The summed E-state index contributed by atoms with van der Waals surface area (Å²) in [5.41, 5.74) is 0.922. The summed E-state index contributed by atoms with van der Waals surface area (Å²) in [7, 11) is 1.60. The number of methoxy groups -OCH3 is 1. The second-order valence-electron chi connectivity index (χ2n) is 4.79. The number of aromatic hydroxyl groups is 1. The van der Waals surface area contributed by atoms with Crippen LogP contribution in [0.5, 0.6) is 11.5 Å². The molecule has 1 aromatic rings. The molecule has 0 fully saturated rings. The zero-order valence-electron chi connectivity index (χ0n) is 11.0. The maximum atomic E-state index is 9.99. The molecule has 2 atom stereocenters. The van der Waals surface area contributed by atoms with Crippen LogP contribution < -0.4 is 10.1 Å². The van der Waals surface area contributed by atoms with Gasteiger partial charge in [-0.25, -0.2) is 0 Å². The van der Waals surface area contributed by atoms with Crippen molar-refractivity contribution < 1.29 is 9.84 Å². The number of phenols is 1. The molecule has 0 aromatic heterocycles. The van der Waals surface area contributed by atoms with E-state index in [-0.39, 0.29) is 6.04 Å². The Balaban J connectivity index is 2.03. The summed E-state index contributed by atoms with van der Waals surface area (Å²) in [5, 5.41) is 13.5. The predicted octanol–water partition coefficient (Wildman–Crippen LogP) is 3.16. The molecule has 0 bridgehead atoms. The molecule has 0 saturated heterocycles. The second kappa shape index (κ2) is 5.91. The Labute approximate surface area is 108 Å². The van der Waals surface area contributed by atoms with Crippen LogP contribution in [-0.4, -0.2) is 18.3 Å². The van der Waals surface area contributed by atoms with Crippen molar-refractivity contribution in [3.63, 3.8) is 0 Å². The van der Waals surface area contributed by atoms with Crippen LogP contribution in [-0.2, 0) is 0 Å². The third-order valence-electron chi connectivity index (χ3n) is 3.46. The van der Waals surface area contributed by atoms with Crippen molar-refractivity contribution in [1.29, 1.82) is 0 Å². The molecule has 1 aromatic carbocycles. The van der Waals surface area contributed by atoms with Gasteiger partial charge in [0.25, 0.3) is 0 Å². The van der Waals surface area contributed by atoms with E-state index in [9.17, 15) is 5.11 Å². The molecule has 0 saturated carbocycles. The highest BCUT2D eigenvalue weighted by Crippen LogP contribution is 2.29. The molecule has 0 heterocycles. The minimum absolute atomic E-state index is 0.146. The van der Waals surface area contributed by atoms with Gasteiger partial charge in [0.15, 0.2) is 0 Å². The van der Waals surface area contributed by atoms with Crippen LogP contribution in [0.25, 0.3) is 0 Å². The summed E-state index contributed by atoms with van der Waals surface area (Å²) in [5.74, 6) is 0.977. The number of rotatable bonds is 4. The lowest BCUT2D eigenvalue weighted by Crippen LogP contribution is -2.32. The molecule has 3 nitrogen and oxygen atoms in total. The van der Waals surface area contributed by atoms with Gasteiger partial charge in [0, 0.05) is 23.7 Å². The monoisotopic (exact) mass is 247 g/mol. The lowest BCUT2D eigenvalue weighted by Gasteiger charge is -2.25. The van der Waals surface area contributed by atoms with E-state index in [4.69, 9.17) is 4.74 Å². The highest BCUT2D eigenvalue weighted by molar-refractivity contribution is 5.41. The Hall–Kier alpha value is -1.48. The smallest absolute Gasteiger partial charge is 0.124 e. The van der Waals surface area contributed by atoms with Gasteiger partial charge in [0.2, 0.25) is 0 Å². The van der Waals surface area contributed by atoms with Crippen molar-refractivity contribution in [2.75, 3.05) is 7.11 Å². The first-order chi connectivity index (χ1) is 8.70. The number of benzene rings is 1. The van der Waals surface area contributed by atoms with E-state index in [0.29, 0.717) is 17.5 Å². The lowest BCUT2D eigenvalue weighted by atomic mass is 9.99. The van der Waals surface area contributed by atoms with Gasteiger partial charge in [-0.2, -0.15) is 0 Å². The van der Waals surface area contributed by atoms with E-state index in [1.807, 2.05) is 12.1 Å². The van der Waals surface area contributed by atoms with E-state index in [1.165, 1.54) is 0 Å². The van der Waals surface area contributed by atoms with Crippen molar-refractivity contribution in [2.24, 2.45) is 0 Å². The van der Waals surface area contributed by atoms with Crippen molar-refractivity contribution in [2.45, 2.75) is 38.3 Å². The van der Waals surface area contributed by atoms with E-state index >= 15 is 0 Å². The van der Waals surface area contributed by atoms with Crippen LogP contribution in [0.3, 0.4) is 0 Å². The fourth-order valence-electron chi connectivity index (χ4n) is 2.40. The van der Waals surface area contributed by atoms with Gasteiger partial charge in [0.05, 0.1) is 7.11 Å². The van der Waals surface area contributed by atoms with E-state index in [0.717, 1.165) is 24.8 Å². The van der Waals surface area contributed by atoms with Crippen LogP contribution >= 0.6 is 0 Å². The Morgan fingerprint density at radius 3 is 2.83 bits per heavy atom. The van der Waals surface area contributed by atoms with Crippen LogP contribution in [0.15, 0.2) is 30.4 Å². The van der Waals surface area contributed by atoms with Gasteiger partial charge < -0.3 is 15.2 Å². The Bertz CT molecular complexity index is 429. The van der Waals surface area contributed by atoms with Gasteiger partial charge >= 0.3 is 0 Å². The Morgan fingerprint density at radius 1 is 1.39 bits per heavy atom. The zero-order valence-corrected chi connectivity index (χ0v) is 11.0. The summed E-state index contributed by atoms with van der Waals surface area (Å²) in [6.07, 6.45) is 7.83. The highest BCUT2D eigenvalue weighted by Gasteiger charge is 2.16. The molecular weight excluding hydrogens is 226 g/mol. The quantitative estimate of drug-likeness (QED) is 0.803. The van der Waals surface area contributed by atoms with Gasteiger partial charge in [-0.3, -0.25) is 0 Å². The standard InChI is InChI=1S/C15H21NO2/c1-11(16-12-6-4-3-5-7-12)14-9-8-13(18-2)10-15(14)17/h3-4,8-12,16-17H,5-7H2,1-2H3. The summed E-state index contributed by atoms with van der Waals surface area (Å²) in [4.78, 5) is 0. The van der Waals surface area contributed by atoms with Crippen LogP contribution in [0.2, 0.25) is 0 Å². The summed E-state index contributed by atoms with van der Waals surface area (Å²) >= 11 is 0. The van der Waals surface area contributed by atoms with Crippen molar-refractivity contribution in [1.82, 2.24) is 5.32 Å².